The van der Waals surface area contributed by atoms with Gasteiger partial charge in [0, 0.05) is 30.0 Å². The SMILES string of the molecule is COc1ccc(-c2cccc(C(C)(C)N=O)c2)cc1SNc1cccc(NCCNC(=O)c2cccc(F)c2)c1. The molecule has 206 valence electrons. The van der Waals surface area contributed by atoms with E-state index in [-0.39, 0.29) is 11.5 Å². The smallest absolute Gasteiger partial charge is 0.251 e. The molecule has 7 nitrogen and oxygen atoms in total. The Balaban J connectivity index is 1.37. The quantitative estimate of drug-likeness (QED) is 0.0950. The highest BCUT2D eigenvalue weighted by Crippen LogP contribution is 2.36. The van der Waals surface area contributed by atoms with Crippen LogP contribution in [0.3, 0.4) is 0 Å². The second kappa shape index (κ2) is 13.1. The zero-order valence-electron chi connectivity index (χ0n) is 22.5. The number of nitrogens with one attached hydrogen (secondary N) is 3. The Morgan fingerprint density at radius 3 is 2.42 bits per heavy atom. The first kappa shape index (κ1) is 28.6. The van der Waals surface area contributed by atoms with Crippen LogP contribution >= 0.6 is 11.9 Å². The molecule has 4 aromatic carbocycles. The first-order chi connectivity index (χ1) is 19.3. The van der Waals surface area contributed by atoms with Crippen LogP contribution < -0.4 is 20.1 Å². The fourth-order valence-electron chi connectivity index (χ4n) is 3.99. The molecule has 0 unspecified atom stereocenters. The molecular formula is C31H31FN4O3S. The van der Waals surface area contributed by atoms with Gasteiger partial charge in [-0.05, 0) is 97.1 Å². The summed E-state index contributed by atoms with van der Waals surface area (Å²) >= 11 is 1.43. The van der Waals surface area contributed by atoms with E-state index in [1.165, 1.54) is 30.1 Å². The molecule has 0 aliphatic heterocycles. The standard InChI is InChI=1S/C31H31FN4O3S/c1-31(2,36-38)24-9-4-7-21(17-24)22-13-14-28(39-3)29(19-22)40-35-27-12-6-11-26(20-27)33-15-16-34-30(37)23-8-5-10-25(32)18-23/h4-14,17-20,33,35H,15-16H2,1-3H3,(H,34,37). The summed E-state index contributed by atoms with van der Waals surface area (Å²) in [5.74, 6) is -0.0292. The minimum atomic E-state index is -0.812. The number of hydrogen-bond donors (Lipinski definition) is 3. The molecule has 0 saturated heterocycles. The predicted octanol–water partition coefficient (Wildman–Crippen LogP) is 7.46. The molecule has 1 amide bonds. The largest absolute Gasteiger partial charge is 0.496 e. The van der Waals surface area contributed by atoms with Gasteiger partial charge in [0.05, 0.1) is 12.0 Å². The van der Waals surface area contributed by atoms with Gasteiger partial charge in [-0.15, -0.1) is 4.91 Å². The number of ether oxygens (including phenoxy) is 1. The number of anilines is 2. The number of benzene rings is 4. The van der Waals surface area contributed by atoms with Gasteiger partial charge in [0.25, 0.3) is 5.91 Å². The molecule has 0 fully saturated rings. The predicted molar refractivity (Wildman–Crippen MR) is 160 cm³/mol. The molecule has 3 N–H and O–H groups in total. The number of carbonyl (C=O) groups is 1. The van der Waals surface area contributed by atoms with Gasteiger partial charge in [-0.3, -0.25) is 4.79 Å². The normalized spacial score (nSPS) is 11.0. The van der Waals surface area contributed by atoms with E-state index in [0.717, 1.165) is 38.7 Å². The molecule has 0 saturated carbocycles. The van der Waals surface area contributed by atoms with Crippen molar-refractivity contribution in [3.05, 3.63) is 113 Å². The van der Waals surface area contributed by atoms with Crippen LogP contribution in [0, 0.1) is 10.7 Å². The Labute approximate surface area is 237 Å². The zero-order valence-corrected chi connectivity index (χ0v) is 23.3. The third kappa shape index (κ3) is 7.39. The van der Waals surface area contributed by atoms with Gasteiger partial charge in [-0.25, -0.2) is 4.39 Å². The van der Waals surface area contributed by atoms with Gasteiger partial charge in [-0.1, -0.05) is 41.6 Å². The summed E-state index contributed by atoms with van der Waals surface area (Å²) in [6.07, 6.45) is 0. The highest BCUT2D eigenvalue weighted by atomic mass is 32.2. The van der Waals surface area contributed by atoms with Gasteiger partial charge in [0.1, 0.15) is 17.1 Å². The van der Waals surface area contributed by atoms with E-state index < -0.39 is 11.4 Å². The molecule has 9 heteroatoms. The van der Waals surface area contributed by atoms with Crippen LogP contribution in [0.2, 0.25) is 0 Å². The van der Waals surface area contributed by atoms with Crippen molar-refractivity contribution in [2.24, 2.45) is 5.18 Å². The summed E-state index contributed by atoms with van der Waals surface area (Å²) in [4.78, 5) is 24.4. The molecule has 4 rings (SSSR count). The van der Waals surface area contributed by atoms with E-state index in [0.29, 0.717) is 13.1 Å². The molecule has 0 aliphatic rings. The monoisotopic (exact) mass is 558 g/mol. The number of nitroso groups, excluding NO2 is 1. The highest BCUT2D eigenvalue weighted by molar-refractivity contribution is 8.00. The third-order valence-electron chi connectivity index (χ3n) is 6.26. The number of amides is 1. The Morgan fingerprint density at radius 2 is 1.65 bits per heavy atom. The van der Waals surface area contributed by atoms with Crippen LogP contribution in [0.15, 0.2) is 101 Å². The second-order valence-corrected chi connectivity index (χ2v) is 10.4. The molecule has 0 aliphatic carbocycles. The first-order valence-electron chi connectivity index (χ1n) is 12.7. The molecule has 0 radical (unpaired) electrons. The number of rotatable bonds is 12. The minimum Gasteiger partial charge on any atom is -0.496 e. The second-order valence-electron chi connectivity index (χ2n) is 9.57. The van der Waals surface area contributed by atoms with Gasteiger partial charge in [-0.2, -0.15) is 0 Å². The fourth-order valence-corrected chi connectivity index (χ4v) is 4.78. The first-order valence-corrected chi connectivity index (χ1v) is 13.5. The Bertz CT molecular complexity index is 1500. The van der Waals surface area contributed by atoms with Crippen LogP contribution in [0.5, 0.6) is 5.75 Å². The molecule has 0 bridgehead atoms. The maximum atomic E-state index is 13.3. The van der Waals surface area contributed by atoms with Crippen molar-refractivity contribution in [1.29, 1.82) is 0 Å². The fraction of sp³-hybridized carbons (Fsp3) is 0.194. The zero-order chi connectivity index (χ0) is 28.5. The Morgan fingerprint density at radius 1 is 0.900 bits per heavy atom. The van der Waals surface area contributed by atoms with Crippen molar-refractivity contribution >= 4 is 29.2 Å². The van der Waals surface area contributed by atoms with Crippen LogP contribution in [0.4, 0.5) is 15.8 Å². The van der Waals surface area contributed by atoms with Crippen molar-refractivity contribution in [3.63, 3.8) is 0 Å². The van der Waals surface area contributed by atoms with Crippen molar-refractivity contribution in [3.8, 4) is 16.9 Å². The van der Waals surface area contributed by atoms with E-state index in [4.69, 9.17) is 4.74 Å². The van der Waals surface area contributed by atoms with Crippen molar-refractivity contribution in [2.45, 2.75) is 24.3 Å². The number of halogens is 1. The van der Waals surface area contributed by atoms with E-state index in [1.807, 2.05) is 66.7 Å². The molecule has 0 spiro atoms. The summed E-state index contributed by atoms with van der Waals surface area (Å²) < 4.78 is 22.3. The average molecular weight is 559 g/mol. The summed E-state index contributed by atoms with van der Waals surface area (Å²) in [5, 5.41) is 9.33. The van der Waals surface area contributed by atoms with E-state index in [9.17, 15) is 14.1 Å². The summed E-state index contributed by atoms with van der Waals surface area (Å²) in [5.41, 5.74) is 4.06. The minimum absolute atomic E-state index is 0.289. The van der Waals surface area contributed by atoms with Gasteiger partial charge >= 0.3 is 0 Å². The van der Waals surface area contributed by atoms with Gasteiger partial charge < -0.3 is 20.1 Å². The molecule has 40 heavy (non-hydrogen) atoms. The number of nitrogens with zero attached hydrogens (tertiary/aromatic N) is 1. The van der Waals surface area contributed by atoms with Crippen LogP contribution in [-0.2, 0) is 5.54 Å². The molecule has 4 aromatic rings. The lowest BCUT2D eigenvalue weighted by molar-refractivity contribution is 0.0954. The van der Waals surface area contributed by atoms with Crippen LogP contribution in [0.1, 0.15) is 29.8 Å². The number of carbonyl (C=O) groups excluding carboxylic acids is 1. The van der Waals surface area contributed by atoms with Crippen LogP contribution in [0.25, 0.3) is 11.1 Å². The Kier molecular flexibility index (Phi) is 9.39. The number of hydrogen-bond acceptors (Lipinski definition) is 7. The molecule has 0 aromatic heterocycles. The van der Waals surface area contributed by atoms with E-state index >= 15 is 0 Å². The van der Waals surface area contributed by atoms with E-state index in [2.05, 4.69) is 20.5 Å². The maximum Gasteiger partial charge on any atom is 0.251 e. The molecule has 0 atom stereocenters. The lowest BCUT2D eigenvalue weighted by Gasteiger charge is -2.17. The van der Waals surface area contributed by atoms with Crippen molar-refractivity contribution in [2.75, 3.05) is 30.2 Å². The summed E-state index contributed by atoms with van der Waals surface area (Å²) in [6.45, 7) is 4.48. The van der Waals surface area contributed by atoms with Crippen molar-refractivity contribution in [1.82, 2.24) is 5.32 Å². The average Bonchev–Trinajstić information content (AvgIpc) is 2.98. The third-order valence-corrected chi connectivity index (χ3v) is 7.14. The topological polar surface area (TPSA) is 91.8 Å². The van der Waals surface area contributed by atoms with Crippen molar-refractivity contribution < 1.29 is 13.9 Å². The van der Waals surface area contributed by atoms with Gasteiger partial charge in [0.15, 0.2) is 0 Å². The van der Waals surface area contributed by atoms with E-state index in [1.54, 1.807) is 27.0 Å². The summed E-state index contributed by atoms with van der Waals surface area (Å²) in [7, 11) is 1.63. The summed E-state index contributed by atoms with van der Waals surface area (Å²) in [6, 6.07) is 27.2. The maximum absolute atomic E-state index is 13.3. The lowest BCUT2D eigenvalue weighted by atomic mass is 9.92. The highest BCUT2D eigenvalue weighted by Gasteiger charge is 2.21. The molecule has 0 heterocycles. The molecular weight excluding hydrogens is 527 g/mol. The lowest BCUT2D eigenvalue weighted by Crippen LogP contribution is -2.28. The van der Waals surface area contributed by atoms with Crippen LogP contribution in [-0.4, -0.2) is 26.1 Å². The Hall–Kier alpha value is -4.37. The van der Waals surface area contributed by atoms with Gasteiger partial charge in [0.2, 0.25) is 0 Å². The number of methoxy groups -OCH3 is 1.